The van der Waals surface area contributed by atoms with Crippen molar-refractivity contribution in [3.8, 4) is 0 Å². The van der Waals surface area contributed by atoms with Gasteiger partial charge < -0.3 is 0 Å². The van der Waals surface area contributed by atoms with E-state index < -0.39 is 0 Å². The largest absolute Gasteiger partial charge is 0.287 e. The standard InChI is InChI=1S/C20H18Cl4N2/c21-15-7-5-13(9-17(15)23)11-25-19-3-1-2-4-20(19)26-12-14-6-8-16(22)18(24)10-14/h5-12,19-20H,1-4H2/t19-,20-/m1/s1. The summed E-state index contributed by atoms with van der Waals surface area (Å²) in [5.74, 6) is 0. The molecule has 136 valence electrons. The Morgan fingerprint density at radius 2 is 1.08 bits per heavy atom. The van der Waals surface area contributed by atoms with Gasteiger partial charge in [0.2, 0.25) is 0 Å². The smallest absolute Gasteiger partial charge is 0.0723 e. The maximum atomic E-state index is 6.07. The van der Waals surface area contributed by atoms with Crippen molar-refractivity contribution in [1.29, 1.82) is 0 Å². The zero-order chi connectivity index (χ0) is 18.5. The van der Waals surface area contributed by atoms with Crippen molar-refractivity contribution in [3.05, 3.63) is 67.6 Å². The van der Waals surface area contributed by atoms with Gasteiger partial charge in [-0.2, -0.15) is 0 Å². The van der Waals surface area contributed by atoms with E-state index in [1.807, 2.05) is 36.7 Å². The fourth-order valence-electron chi connectivity index (χ4n) is 2.99. The van der Waals surface area contributed by atoms with Crippen LogP contribution in [-0.4, -0.2) is 24.5 Å². The number of benzene rings is 2. The Labute approximate surface area is 173 Å². The quantitative estimate of drug-likeness (QED) is 0.462. The van der Waals surface area contributed by atoms with Gasteiger partial charge in [0.25, 0.3) is 0 Å². The summed E-state index contributed by atoms with van der Waals surface area (Å²) in [6.07, 6.45) is 8.12. The molecule has 2 atom stereocenters. The van der Waals surface area contributed by atoms with Crippen molar-refractivity contribution in [3.63, 3.8) is 0 Å². The second-order valence-electron chi connectivity index (χ2n) is 6.32. The SMILES string of the molecule is Clc1ccc(C=N[C@@H]2CCCC[C@H]2N=Cc2ccc(Cl)c(Cl)c2)cc1Cl. The second kappa shape index (κ2) is 9.23. The van der Waals surface area contributed by atoms with Gasteiger partial charge >= 0.3 is 0 Å². The highest BCUT2D eigenvalue weighted by atomic mass is 35.5. The molecule has 0 bridgehead atoms. The Morgan fingerprint density at radius 1 is 0.654 bits per heavy atom. The molecule has 2 aromatic rings. The maximum absolute atomic E-state index is 6.07. The van der Waals surface area contributed by atoms with Crippen molar-refractivity contribution in [1.82, 2.24) is 0 Å². The van der Waals surface area contributed by atoms with Gasteiger partial charge in [0.1, 0.15) is 0 Å². The van der Waals surface area contributed by atoms with E-state index in [9.17, 15) is 0 Å². The third-order valence-electron chi connectivity index (χ3n) is 4.41. The highest BCUT2D eigenvalue weighted by Crippen LogP contribution is 2.26. The highest BCUT2D eigenvalue weighted by molar-refractivity contribution is 6.42. The molecule has 0 unspecified atom stereocenters. The number of hydrogen-bond acceptors (Lipinski definition) is 2. The third-order valence-corrected chi connectivity index (χ3v) is 5.89. The molecule has 0 amide bonds. The van der Waals surface area contributed by atoms with Gasteiger partial charge in [-0.25, -0.2) is 0 Å². The van der Waals surface area contributed by atoms with Crippen LogP contribution < -0.4 is 0 Å². The molecule has 0 saturated heterocycles. The summed E-state index contributed by atoms with van der Waals surface area (Å²) in [6, 6.07) is 11.4. The zero-order valence-corrected chi connectivity index (χ0v) is 17.0. The van der Waals surface area contributed by atoms with Crippen LogP contribution in [0.1, 0.15) is 36.8 Å². The van der Waals surface area contributed by atoms with Crippen LogP contribution in [-0.2, 0) is 0 Å². The van der Waals surface area contributed by atoms with Crippen LogP contribution in [0.3, 0.4) is 0 Å². The van der Waals surface area contributed by atoms with Crippen molar-refractivity contribution < 1.29 is 0 Å². The molecule has 1 aliphatic carbocycles. The summed E-state index contributed by atoms with van der Waals surface area (Å²) < 4.78 is 0. The summed E-state index contributed by atoms with van der Waals surface area (Å²) in [4.78, 5) is 9.52. The molecule has 6 heteroatoms. The minimum atomic E-state index is 0.164. The lowest BCUT2D eigenvalue weighted by molar-refractivity contribution is 0.390. The molecule has 0 aromatic heterocycles. The van der Waals surface area contributed by atoms with Crippen LogP contribution in [0.2, 0.25) is 20.1 Å². The van der Waals surface area contributed by atoms with E-state index in [0.29, 0.717) is 20.1 Å². The highest BCUT2D eigenvalue weighted by Gasteiger charge is 2.23. The predicted octanol–water partition coefficient (Wildman–Crippen LogP) is 7.15. The van der Waals surface area contributed by atoms with Crippen molar-refractivity contribution in [2.24, 2.45) is 9.98 Å². The molecule has 1 aliphatic rings. The minimum Gasteiger partial charge on any atom is -0.287 e. The molecule has 2 aromatic carbocycles. The summed E-state index contributed by atoms with van der Waals surface area (Å²) in [6.45, 7) is 0. The molecule has 0 radical (unpaired) electrons. The first-order valence-electron chi connectivity index (χ1n) is 8.49. The Bertz CT molecular complexity index is 763. The van der Waals surface area contributed by atoms with Gasteiger partial charge in [0, 0.05) is 12.4 Å². The van der Waals surface area contributed by atoms with Crippen LogP contribution >= 0.6 is 46.4 Å². The first-order chi connectivity index (χ1) is 12.5. The van der Waals surface area contributed by atoms with E-state index in [0.717, 1.165) is 24.0 Å². The molecule has 1 fully saturated rings. The van der Waals surface area contributed by atoms with E-state index in [1.165, 1.54) is 12.8 Å². The average Bonchev–Trinajstić information content (AvgIpc) is 2.64. The third kappa shape index (κ3) is 5.23. The molecule has 3 rings (SSSR count). The summed E-state index contributed by atoms with van der Waals surface area (Å²) >= 11 is 24.1. The first kappa shape index (κ1) is 19.7. The topological polar surface area (TPSA) is 24.7 Å². The van der Waals surface area contributed by atoms with Gasteiger partial charge in [-0.05, 0) is 48.2 Å². The van der Waals surface area contributed by atoms with Gasteiger partial charge in [-0.1, -0.05) is 71.4 Å². The van der Waals surface area contributed by atoms with E-state index in [1.54, 1.807) is 12.1 Å². The number of rotatable bonds is 4. The summed E-state index contributed by atoms with van der Waals surface area (Å²) in [7, 11) is 0. The Balaban J connectivity index is 1.72. The Hall–Kier alpha value is -1.06. The molecular formula is C20H18Cl4N2. The van der Waals surface area contributed by atoms with Crippen molar-refractivity contribution in [2.75, 3.05) is 0 Å². The van der Waals surface area contributed by atoms with Gasteiger partial charge in [-0.3, -0.25) is 9.98 Å². The van der Waals surface area contributed by atoms with Crippen LogP contribution in [0.15, 0.2) is 46.4 Å². The molecular weight excluding hydrogens is 410 g/mol. The van der Waals surface area contributed by atoms with Crippen LogP contribution in [0, 0.1) is 0 Å². The van der Waals surface area contributed by atoms with Crippen LogP contribution in [0.5, 0.6) is 0 Å². The molecule has 0 N–H and O–H groups in total. The maximum Gasteiger partial charge on any atom is 0.0723 e. The Kier molecular flexibility index (Phi) is 6.99. The van der Waals surface area contributed by atoms with Gasteiger partial charge in [0.15, 0.2) is 0 Å². The predicted molar refractivity (Wildman–Crippen MR) is 114 cm³/mol. The molecule has 2 nitrogen and oxygen atoms in total. The van der Waals surface area contributed by atoms with Crippen molar-refractivity contribution in [2.45, 2.75) is 37.8 Å². The lowest BCUT2D eigenvalue weighted by Gasteiger charge is -2.25. The molecule has 0 aliphatic heterocycles. The van der Waals surface area contributed by atoms with Crippen LogP contribution in [0.25, 0.3) is 0 Å². The first-order valence-corrected chi connectivity index (χ1v) is 10.0. The lowest BCUT2D eigenvalue weighted by Crippen LogP contribution is -2.27. The monoisotopic (exact) mass is 426 g/mol. The average molecular weight is 428 g/mol. The number of aliphatic imine (C=N–C) groups is 2. The zero-order valence-electron chi connectivity index (χ0n) is 14.0. The van der Waals surface area contributed by atoms with E-state index >= 15 is 0 Å². The van der Waals surface area contributed by atoms with E-state index in [2.05, 4.69) is 0 Å². The summed E-state index contributed by atoms with van der Waals surface area (Å²) in [5, 5.41) is 2.16. The normalized spacial score (nSPS) is 20.9. The van der Waals surface area contributed by atoms with E-state index in [-0.39, 0.29) is 12.1 Å². The minimum absolute atomic E-state index is 0.164. The number of halogens is 4. The summed E-state index contributed by atoms with van der Waals surface area (Å²) in [5.41, 5.74) is 1.88. The van der Waals surface area contributed by atoms with Crippen molar-refractivity contribution >= 4 is 58.8 Å². The molecule has 26 heavy (non-hydrogen) atoms. The molecule has 1 saturated carbocycles. The Morgan fingerprint density at radius 3 is 1.46 bits per heavy atom. The lowest BCUT2D eigenvalue weighted by atomic mass is 9.91. The second-order valence-corrected chi connectivity index (χ2v) is 7.95. The van der Waals surface area contributed by atoms with E-state index in [4.69, 9.17) is 56.4 Å². The molecule has 0 heterocycles. The van der Waals surface area contributed by atoms with Gasteiger partial charge in [0.05, 0.1) is 32.2 Å². The van der Waals surface area contributed by atoms with Gasteiger partial charge in [-0.15, -0.1) is 0 Å². The molecule has 0 spiro atoms. The fraction of sp³-hybridized carbons (Fsp3) is 0.300. The van der Waals surface area contributed by atoms with Crippen LogP contribution in [0.4, 0.5) is 0 Å². The fourth-order valence-corrected chi connectivity index (χ4v) is 3.60. The number of hydrogen-bond donors (Lipinski definition) is 0. The number of nitrogens with zero attached hydrogens (tertiary/aromatic N) is 2.